The van der Waals surface area contributed by atoms with Crippen molar-refractivity contribution < 1.29 is 13.9 Å². The van der Waals surface area contributed by atoms with Gasteiger partial charge in [0.05, 0.1) is 12.7 Å². The Balaban J connectivity index is 1.44. The van der Waals surface area contributed by atoms with Gasteiger partial charge in [-0.2, -0.15) is 0 Å². The molecule has 29 heavy (non-hydrogen) atoms. The molecule has 0 aliphatic heterocycles. The van der Waals surface area contributed by atoms with E-state index in [1.807, 2.05) is 24.3 Å². The third-order valence-electron chi connectivity index (χ3n) is 4.52. The van der Waals surface area contributed by atoms with Crippen molar-refractivity contribution in [3.63, 3.8) is 0 Å². The molecule has 5 nitrogen and oxygen atoms in total. The molecule has 0 aliphatic rings. The van der Waals surface area contributed by atoms with Crippen molar-refractivity contribution in [1.82, 2.24) is 10.3 Å². The Kier molecular flexibility index (Phi) is 7.16. The highest BCUT2D eigenvalue weighted by atomic mass is 19.1. The van der Waals surface area contributed by atoms with Crippen molar-refractivity contribution in [2.45, 2.75) is 12.8 Å². The zero-order valence-electron chi connectivity index (χ0n) is 16.3. The molecule has 3 rings (SSSR count). The number of nitrogens with zero attached hydrogens (tertiary/aromatic N) is 1. The maximum absolute atomic E-state index is 13.6. The molecule has 0 saturated heterocycles. The van der Waals surface area contributed by atoms with Crippen LogP contribution in [0, 0.1) is 5.82 Å². The zero-order chi connectivity index (χ0) is 20.5. The average molecular weight is 393 g/mol. The number of carbonyl (C=O) groups excluding carboxylic acids is 1. The number of ether oxygens (including phenoxy) is 1. The van der Waals surface area contributed by atoms with Gasteiger partial charge in [0.2, 0.25) is 0 Å². The number of hydrogen-bond acceptors (Lipinski definition) is 4. The highest BCUT2D eigenvalue weighted by Crippen LogP contribution is 2.13. The van der Waals surface area contributed by atoms with Crippen LogP contribution in [0.4, 0.5) is 10.2 Å². The van der Waals surface area contributed by atoms with E-state index in [0.29, 0.717) is 36.5 Å². The molecular weight excluding hydrogens is 369 g/mol. The van der Waals surface area contributed by atoms with Gasteiger partial charge in [-0.05, 0) is 54.3 Å². The molecule has 3 aromatic rings. The van der Waals surface area contributed by atoms with E-state index in [2.05, 4.69) is 15.6 Å². The Morgan fingerprint density at radius 3 is 2.66 bits per heavy atom. The van der Waals surface area contributed by atoms with Crippen molar-refractivity contribution in [3.05, 3.63) is 89.4 Å². The van der Waals surface area contributed by atoms with Crippen molar-refractivity contribution in [2.24, 2.45) is 0 Å². The molecule has 1 heterocycles. The van der Waals surface area contributed by atoms with E-state index < -0.39 is 0 Å². The van der Waals surface area contributed by atoms with E-state index in [4.69, 9.17) is 4.74 Å². The van der Waals surface area contributed by atoms with E-state index in [-0.39, 0.29) is 11.7 Å². The summed E-state index contributed by atoms with van der Waals surface area (Å²) in [5.41, 5.74) is 2.22. The summed E-state index contributed by atoms with van der Waals surface area (Å²) in [6.45, 7) is 1.08. The van der Waals surface area contributed by atoms with Gasteiger partial charge in [0.15, 0.2) is 0 Å². The number of methoxy groups -OCH3 is 1. The number of halogens is 1. The fourth-order valence-electron chi connectivity index (χ4n) is 2.91. The van der Waals surface area contributed by atoms with Gasteiger partial charge >= 0.3 is 0 Å². The molecule has 0 bridgehead atoms. The largest absolute Gasteiger partial charge is 0.497 e. The summed E-state index contributed by atoms with van der Waals surface area (Å²) in [4.78, 5) is 16.5. The minimum atomic E-state index is -0.257. The van der Waals surface area contributed by atoms with Gasteiger partial charge < -0.3 is 15.4 Å². The van der Waals surface area contributed by atoms with Crippen molar-refractivity contribution in [2.75, 3.05) is 25.5 Å². The first-order valence-corrected chi connectivity index (χ1v) is 9.50. The quantitative estimate of drug-likeness (QED) is 0.580. The molecule has 0 atom stereocenters. The molecule has 0 fully saturated rings. The van der Waals surface area contributed by atoms with Crippen LogP contribution in [0.2, 0.25) is 0 Å². The SMILES string of the molecule is COc1cccc(CCNc2ccc(C(=O)NCCc3ccccc3F)cn2)c1. The summed E-state index contributed by atoms with van der Waals surface area (Å²) >= 11 is 0. The summed E-state index contributed by atoms with van der Waals surface area (Å²) in [7, 11) is 1.65. The number of carbonyl (C=O) groups is 1. The Morgan fingerprint density at radius 2 is 1.90 bits per heavy atom. The summed E-state index contributed by atoms with van der Waals surface area (Å²) in [5.74, 6) is 1.06. The molecule has 150 valence electrons. The van der Waals surface area contributed by atoms with Crippen LogP contribution in [0.25, 0.3) is 0 Å². The Hall–Kier alpha value is -3.41. The first-order chi connectivity index (χ1) is 14.2. The number of nitrogens with one attached hydrogen (secondary N) is 2. The molecule has 1 aromatic heterocycles. The molecule has 0 aliphatic carbocycles. The second-order valence-corrected chi connectivity index (χ2v) is 6.56. The lowest BCUT2D eigenvalue weighted by molar-refractivity contribution is 0.0953. The number of aromatic nitrogens is 1. The van der Waals surface area contributed by atoms with E-state index in [1.165, 1.54) is 17.8 Å². The van der Waals surface area contributed by atoms with Crippen molar-refractivity contribution in [3.8, 4) is 5.75 Å². The highest BCUT2D eigenvalue weighted by Gasteiger charge is 2.07. The molecule has 2 aromatic carbocycles. The first-order valence-electron chi connectivity index (χ1n) is 9.50. The standard InChI is InChI=1S/C23H24FN3O2/c1-29-20-7-4-5-17(15-20)11-13-25-22-10-9-19(16-27-22)23(28)26-14-12-18-6-2-3-8-21(18)24/h2-10,15-16H,11-14H2,1H3,(H,25,27)(H,26,28). The molecule has 0 spiro atoms. The number of hydrogen-bond donors (Lipinski definition) is 2. The van der Waals surface area contributed by atoms with Crippen LogP contribution >= 0.6 is 0 Å². The van der Waals surface area contributed by atoms with Gasteiger partial charge in [0.1, 0.15) is 17.4 Å². The lowest BCUT2D eigenvalue weighted by Crippen LogP contribution is -2.26. The molecule has 0 unspecified atom stereocenters. The van der Waals surface area contributed by atoms with Gasteiger partial charge in [0, 0.05) is 19.3 Å². The lowest BCUT2D eigenvalue weighted by atomic mass is 10.1. The van der Waals surface area contributed by atoms with Crippen LogP contribution in [0.5, 0.6) is 5.75 Å². The Labute approximate surface area is 169 Å². The topological polar surface area (TPSA) is 63.2 Å². The lowest BCUT2D eigenvalue weighted by Gasteiger charge is -2.09. The number of anilines is 1. The van der Waals surface area contributed by atoms with E-state index in [0.717, 1.165) is 12.2 Å². The van der Waals surface area contributed by atoms with Gasteiger partial charge in [-0.15, -0.1) is 0 Å². The van der Waals surface area contributed by atoms with Gasteiger partial charge in [-0.1, -0.05) is 30.3 Å². The molecule has 0 saturated carbocycles. The Bertz CT molecular complexity index is 945. The third kappa shape index (κ3) is 6.04. The smallest absolute Gasteiger partial charge is 0.252 e. The molecule has 6 heteroatoms. The van der Waals surface area contributed by atoms with E-state index in [1.54, 1.807) is 37.4 Å². The highest BCUT2D eigenvalue weighted by molar-refractivity contribution is 5.94. The van der Waals surface area contributed by atoms with E-state index >= 15 is 0 Å². The molecular formula is C23H24FN3O2. The fourth-order valence-corrected chi connectivity index (χ4v) is 2.91. The monoisotopic (exact) mass is 393 g/mol. The fraction of sp³-hybridized carbons (Fsp3) is 0.217. The van der Waals surface area contributed by atoms with Crippen LogP contribution in [-0.2, 0) is 12.8 Å². The summed E-state index contributed by atoms with van der Waals surface area (Å²) in [6.07, 6.45) is 2.80. The predicted octanol–water partition coefficient (Wildman–Crippen LogP) is 3.86. The molecule has 2 N–H and O–H groups in total. The second kappa shape index (κ2) is 10.2. The second-order valence-electron chi connectivity index (χ2n) is 6.56. The van der Waals surface area contributed by atoms with Gasteiger partial charge in [-0.25, -0.2) is 9.37 Å². The number of amides is 1. The molecule has 0 radical (unpaired) electrons. The number of benzene rings is 2. The maximum Gasteiger partial charge on any atom is 0.252 e. The van der Waals surface area contributed by atoms with Crippen LogP contribution in [0.3, 0.4) is 0 Å². The minimum Gasteiger partial charge on any atom is -0.497 e. The van der Waals surface area contributed by atoms with Crippen LogP contribution in [0.15, 0.2) is 66.9 Å². The predicted molar refractivity (Wildman–Crippen MR) is 112 cm³/mol. The summed E-state index contributed by atoms with van der Waals surface area (Å²) < 4.78 is 18.8. The normalized spacial score (nSPS) is 10.4. The summed E-state index contributed by atoms with van der Waals surface area (Å²) in [5, 5.41) is 6.03. The van der Waals surface area contributed by atoms with Gasteiger partial charge in [0.25, 0.3) is 5.91 Å². The van der Waals surface area contributed by atoms with Crippen molar-refractivity contribution >= 4 is 11.7 Å². The molecule has 1 amide bonds. The third-order valence-corrected chi connectivity index (χ3v) is 4.52. The minimum absolute atomic E-state index is 0.225. The number of rotatable bonds is 9. The maximum atomic E-state index is 13.6. The average Bonchev–Trinajstić information content (AvgIpc) is 2.75. The van der Waals surface area contributed by atoms with Crippen LogP contribution in [0.1, 0.15) is 21.5 Å². The Morgan fingerprint density at radius 1 is 1.03 bits per heavy atom. The van der Waals surface area contributed by atoms with Crippen LogP contribution in [-0.4, -0.2) is 31.1 Å². The summed E-state index contributed by atoms with van der Waals surface area (Å²) in [6, 6.07) is 18.0. The van der Waals surface area contributed by atoms with Crippen LogP contribution < -0.4 is 15.4 Å². The number of pyridine rings is 1. The zero-order valence-corrected chi connectivity index (χ0v) is 16.3. The van der Waals surface area contributed by atoms with Crippen molar-refractivity contribution in [1.29, 1.82) is 0 Å². The van der Waals surface area contributed by atoms with E-state index in [9.17, 15) is 9.18 Å². The first kappa shape index (κ1) is 20.3. The van der Waals surface area contributed by atoms with Gasteiger partial charge in [-0.3, -0.25) is 4.79 Å².